The molecule has 3 rings (SSSR count). The molecule has 3 aromatic rings. The number of methoxy groups -OCH3 is 1. The van der Waals surface area contributed by atoms with Crippen molar-refractivity contribution in [2.75, 3.05) is 19.0 Å². The Labute approximate surface area is 188 Å². The van der Waals surface area contributed by atoms with Gasteiger partial charge in [-0.1, -0.05) is 19.9 Å². The van der Waals surface area contributed by atoms with Crippen LogP contribution in [0.25, 0.3) is 0 Å². The summed E-state index contributed by atoms with van der Waals surface area (Å²) < 4.78 is 12.4. The molecular formula is C24H31N5O3. The summed E-state index contributed by atoms with van der Waals surface area (Å²) in [5, 5.41) is 7.44. The smallest absolute Gasteiger partial charge is 0.290 e. The fourth-order valence-electron chi connectivity index (χ4n) is 3.31. The van der Waals surface area contributed by atoms with Crippen LogP contribution < -0.4 is 20.3 Å². The molecule has 3 heterocycles. The third-order valence-corrected chi connectivity index (χ3v) is 5.65. The SMILES string of the molecule is COc1ccc([C@@H](C)C(C)COc2cc(NCc3ccc(C)nc3C)c(=O)n(C)n2)nc1. The number of rotatable bonds is 9. The van der Waals surface area contributed by atoms with Crippen molar-refractivity contribution < 1.29 is 9.47 Å². The van der Waals surface area contributed by atoms with Crippen molar-refractivity contribution >= 4 is 5.69 Å². The van der Waals surface area contributed by atoms with E-state index in [-0.39, 0.29) is 17.4 Å². The highest BCUT2D eigenvalue weighted by atomic mass is 16.5. The molecule has 0 radical (unpaired) electrons. The molecule has 0 bridgehead atoms. The minimum absolute atomic E-state index is 0.183. The molecule has 0 aliphatic rings. The first-order chi connectivity index (χ1) is 15.3. The fourth-order valence-corrected chi connectivity index (χ4v) is 3.31. The van der Waals surface area contributed by atoms with Crippen molar-refractivity contribution in [3.05, 3.63) is 69.5 Å². The van der Waals surface area contributed by atoms with E-state index in [0.717, 1.165) is 28.4 Å². The molecule has 0 amide bonds. The predicted molar refractivity (Wildman–Crippen MR) is 124 cm³/mol. The summed E-state index contributed by atoms with van der Waals surface area (Å²) in [5.41, 5.74) is 4.14. The number of aromatic nitrogens is 4. The van der Waals surface area contributed by atoms with E-state index in [4.69, 9.17) is 9.47 Å². The van der Waals surface area contributed by atoms with Gasteiger partial charge in [0.2, 0.25) is 5.88 Å². The molecule has 0 saturated heterocycles. The summed E-state index contributed by atoms with van der Waals surface area (Å²) >= 11 is 0. The maximum absolute atomic E-state index is 12.5. The van der Waals surface area contributed by atoms with Crippen molar-refractivity contribution in [2.24, 2.45) is 13.0 Å². The molecule has 0 fully saturated rings. The standard InChI is InChI=1S/C24H31N5O3/c1-15(17(3)21-10-9-20(31-6)13-26-21)14-32-23-11-22(24(30)29(5)28-23)25-12-19-8-7-16(2)27-18(19)4/h7-11,13,15,17,25H,12,14H2,1-6H3/t15?,17-/m0/s1. The molecule has 1 unspecified atom stereocenters. The molecule has 1 N–H and O–H groups in total. The highest BCUT2D eigenvalue weighted by Crippen LogP contribution is 2.24. The number of pyridine rings is 2. The second-order valence-corrected chi connectivity index (χ2v) is 8.08. The summed E-state index contributed by atoms with van der Waals surface area (Å²) in [6.45, 7) is 9.07. The molecule has 0 aromatic carbocycles. The highest BCUT2D eigenvalue weighted by Gasteiger charge is 2.17. The van der Waals surface area contributed by atoms with Crippen LogP contribution >= 0.6 is 0 Å². The summed E-state index contributed by atoms with van der Waals surface area (Å²) in [7, 11) is 3.24. The maximum atomic E-state index is 12.5. The monoisotopic (exact) mass is 437 g/mol. The van der Waals surface area contributed by atoms with Crippen LogP contribution in [-0.4, -0.2) is 33.5 Å². The lowest BCUT2D eigenvalue weighted by atomic mass is 9.93. The Morgan fingerprint density at radius 3 is 2.59 bits per heavy atom. The Morgan fingerprint density at radius 2 is 1.94 bits per heavy atom. The van der Waals surface area contributed by atoms with Crippen molar-refractivity contribution in [3.63, 3.8) is 0 Å². The normalized spacial score (nSPS) is 12.8. The van der Waals surface area contributed by atoms with Gasteiger partial charge in [-0.25, -0.2) is 4.68 Å². The van der Waals surface area contributed by atoms with Gasteiger partial charge in [0.15, 0.2) is 0 Å². The first-order valence-corrected chi connectivity index (χ1v) is 10.7. The van der Waals surface area contributed by atoms with E-state index in [0.29, 0.717) is 24.7 Å². The van der Waals surface area contributed by atoms with Gasteiger partial charge in [0.25, 0.3) is 5.56 Å². The van der Waals surface area contributed by atoms with Crippen molar-refractivity contribution in [1.29, 1.82) is 0 Å². The Morgan fingerprint density at radius 1 is 1.16 bits per heavy atom. The molecule has 0 aliphatic heterocycles. The van der Waals surface area contributed by atoms with E-state index in [1.54, 1.807) is 26.4 Å². The van der Waals surface area contributed by atoms with Crippen molar-refractivity contribution in [3.8, 4) is 11.6 Å². The van der Waals surface area contributed by atoms with Crippen LogP contribution in [0.5, 0.6) is 11.6 Å². The van der Waals surface area contributed by atoms with Gasteiger partial charge in [-0.05, 0) is 43.5 Å². The number of hydrogen-bond acceptors (Lipinski definition) is 7. The molecular weight excluding hydrogens is 406 g/mol. The fraction of sp³-hybridized carbons (Fsp3) is 0.417. The Hall–Kier alpha value is -3.42. The van der Waals surface area contributed by atoms with Gasteiger partial charge >= 0.3 is 0 Å². The zero-order valence-corrected chi connectivity index (χ0v) is 19.5. The average Bonchev–Trinajstić information content (AvgIpc) is 2.79. The van der Waals surface area contributed by atoms with E-state index >= 15 is 0 Å². The Bertz CT molecular complexity index is 1110. The van der Waals surface area contributed by atoms with Gasteiger partial charge in [-0.2, -0.15) is 0 Å². The molecule has 0 spiro atoms. The average molecular weight is 438 g/mol. The van der Waals surface area contributed by atoms with E-state index in [1.807, 2.05) is 38.1 Å². The first-order valence-electron chi connectivity index (χ1n) is 10.7. The van der Waals surface area contributed by atoms with Crippen LogP contribution in [0.3, 0.4) is 0 Å². The number of ether oxygens (including phenoxy) is 2. The van der Waals surface area contributed by atoms with E-state index in [2.05, 4.69) is 34.2 Å². The van der Waals surface area contributed by atoms with Gasteiger partial charge in [0, 0.05) is 42.7 Å². The lowest BCUT2D eigenvalue weighted by molar-refractivity contribution is 0.228. The highest BCUT2D eigenvalue weighted by molar-refractivity contribution is 5.44. The topological polar surface area (TPSA) is 91.2 Å². The number of anilines is 1. The molecule has 8 nitrogen and oxygen atoms in total. The molecule has 0 saturated carbocycles. The van der Waals surface area contributed by atoms with Gasteiger partial charge in [-0.3, -0.25) is 14.8 Å². The number of aryl methyl sites for hydroxylation is 3. The molecule has 8 heteroatoms. The van der Waals surface area contributed by atoms with E-state index in [1.165, 1.54) is 4.68 Å². The second-order valence-electron chi connectivity index (χ2n) is 8.08. The molecule has 32 heavy (non-hydrogen) atoms. The van der Waals surface area contributed by atoms with Crippen LogP contribution in [-0.2, 0) is 13.6 Å². The van der Waals surface area contributed by atoms with Crippen molar-refractivity contribution in [2.45, 2.75) is 40.2 Å². The molecule has 3 aromatic heterocycles. The maximum Gasteiger partial charge on any atom is 0.290 e. The van der Waals surface area contributed by atoms with E-state index < -0.39 is 0 Å². The lowest BCUT2D eigenvalue weighted by Gasteiger charge is -2.20. The largest absolute Gasteiger partial charge is 0.495 e. The molecule has 0 aliphatic carbocycles. The number of nitrogens with zero attached hydrogens (tertiary/aromatic N) is 4. The van der Waals surface area contributed by atoms with Gasteiger partial charge < -0.3 is 14.8 Å². The van der Waals surface area contributed by atoms with Gasteiger partial charge in [-0.15, -0.1) is 5.10 Å². The summed E-state index contributed by atoms with van der Waals surface area (Å²) in [5.74, 6) is 1.50. The zero-order chi connectivity index (χ0) is 23.3. The Balaban J connectivity index is 1.66. The minimum Gasteiger partial charge on any atom is -0.495 e. The third kappa shape index (κ3) is 5.63. The predicted octanol–water partition coefficient (Wildman–Crippen LogP) is 3.63. The van der Waals surface area contributed by atoms with E-state index in [9.17, 15) is 4.79 Å². The molecule has 2 atom stereocenters. The van der Waals surface area contributed by atoms with Crippen LogP contribution in [0.15, 0.2) is 41.3 Å². The lowest BCUT2D eigenvalue weighted by Crippen LogP contribution is -2.25. The van der Waals surface area contributed by atoms with Crippen LogP contribution in [0.1, 0.15) is 42.4 Å². The minimum atomic E-state index is -0.209. The van der Waals surface area contributed by atoms with Gasteiger partial charge in [0.1, 0.15) is 11.4 Å². The van der Waals surface area contributed by atoms with Crippen molar-refractivity contribution in [1.82, 2.24) is 19.7 Å². The van der Waals surface area contributed by atoms with Crippen LogP contribution in [0.4, 0.5) is 5.69 Å². The van der Waals surface area contributed by atoms with Crippen LogP contribution in [0, 0.1) is 19.8 Å². The summed E-state index contributed by atoms with van der Waals surface area (Å²) in [6, 6.07) is 9.51. The number of nitrogens with one attached hydrogen (secondary N) is 1. The number of hydrogen-bond donors (Lipinski definition) is 1. The molecule has 170 valence electrons. The van der Waals surface area contributed by atoms with Gasteiger partial charge in [0.05, 0.1) is 19.9 Å². The first kappa shape index (κ1) is 23.2. The third-order valence-electron chi connectivity index (χ3n) is 5.65. The summed E-state index contributed by atoms with van der Waals surface area (Å²) in [4.78, 5) is 21.5. The van der Waals surface area contributed by atoms with Crippen LogP contribution in [0.2, 0.25) is 0 Å². The zero-order valence-electron chi connectivity index (χ0n) is 19.5. The Kier molecular flexibility index (Phi) is 7.45. The summed E-state index contributed by atoms with van der Waals surface area (Å²) in [6.07, 6.45) is 1.72. The quantitative estimate of drug-likeness (QED) is 0.547. The second kappa shape index (κ2) is 10.3.